The van der Waals surface area contributed by atoms with Crippen LogP contribution >= 0.6 is 96.7 Å². The molecule has 4 aromatic carbocycles. The molecule has 13 nitrogen and oxygen atoms in total. The van der Waals surface area contributed by atoms with Crippen LogP contribution in [-0.4, -0.2) is 89.8 Å². The number of ether oxygens (including phenoxy) is 1. The number of esters is 1. The molecule has 0 aliphatic carbocycles. The van der Waals surface area contributed by atoms with E-state index in [9.17, 15) is 23.6 Å². The molecule has 0 bridgehead atoms. The number of fused-ring (bicyclic) bond motifs is 4. The van der Waals surface area contributed by atoms with Crippen LogP contribution < -0.4 is 0 Å². The van der Waals surface area contributed by atoms with Crippen LogP contribution in [0.2, 0.25) is 0 Å². The van der Waals surface area contributed by atoms with E-state index >= 15 is 0 Å². The van der Waals surface area contributed by atoms with Gasteiger partial charge in [-0.05, 0) is 134 Å². The van der Waals surface area contributed by atoms with Gasteiger partial charge in [-0.15, -0.1) is 0 Å². The maximum absolute atomic E-state index is 11.9. The second kappa shape index (κ2) is 27.2. The number of methoxy groups -OCH3 is 1. The Kier molecular flexibility index (Phi) is 22.5. The smallest absolute Gasteiger partial charge is 0.339 e. The molecule has 0 unspecified atom stereocenters. The number of hydrogen-bond donors (Lipinski definition) is 1. The molecular formula is C48H41Br4Cl3FN5O8S. The zero-order chi connectivity index (χ0) is 53.5. The minimum Gasteiger partial charge on any atom is -0.478 e. The number of aryl methyl sites for hydroxylation is 4. The van der Waals surface area contributed by atoms with Gasteiger partial charge in [0.05, 0.1) is 60.0 Å². The number of hydrogen-bond acceptors (Lipinski definition) is 11. The summed E-state index contributed by atoms with van der Waals surface area (Å²) in [5, 5.41) is 12.1. The summed E-state index contributed by atoms with van der Waals surface area (Å²) >= 11 is 19.2. The average molecular weight is 1290 g/mol. The first-order chi connectivity index (χ1) is 33.2. The predicted molar refractivity (Wildman–Crippen MR) is 291 cm³/mol. The minimum absolute atomic E-state index is 0.0289. The van der Waals surface area contributed by atoms with Crippen LogP contribution in [0.25, 0.3) is 43.6 Å². The van der Waals surface area contributed by atoms with E-state index < -0.39 is 26.6 Å². The zero-order valence-electron chi connectivity index (χ0n) is 38.9. The molecular weight excluding hydrogens is 1250 g/mol. The molecule has 4 heterocycles. The molecule has 8 aromatic rings. The fraction of sp³-hybridized carbons (Fsp3) is 0.167. The number of aromatic carboxylic acids is 1. The molecule has 1 amide bonds. The van der Waals surface area contributed by atoms with Crippen LogP contribution in [0, 0.1) is 27.7 Å². The van der Waals surface area contributed by atoms with Crippen LogP contribution in [-0.2, 0) is 13.0 Å². The molecule has 4 aromatic heterocycles. The van der Waals surface area contributed by atoms with Crippen molar-refractivity contribution in [3.63, 3.8) is 0 Å². The van der Waals surface area contributed by atoms with E-state index in [1.165, 1.54) is 25.7 Å². The van der Waals surface area contributed by atoms with Gasteiger partial charge in [0, 0.05) is 99.7 Å². The van der Waals surface area contributed by atoms with Gasteiger partial charge >= 0.3 is 20.2 Å². The van der Waals surface area contributed by atoms with Crippen molar-refractivity contribution in [3.8, 4) is 0 Å². The van der Waals surface area contributed by atoms with Gasteiger partial charge in [0.15, 0.2) is 0 Å². The Morgan fingerprint density at radius 2 is 0.871 bits per heavy atom. The van der Waals surface area contributed by atoms with E-state index in [4.69, 9.17) is 26.5 Å². The van der Waals surface area contributed by atoms with Crippen LogP contribution in [0.4, 0.5) is 4.39 Å². The third-order valence-electron chi connectivity index (χ3n) is 9.82. The predicted octanol–water partition coefficient (Wildman–Crippen LogP) is 14.1. The number of carboxylic acids is 1. The Hall–Kier alpha value is -4.73. The number of carboxylic acid groups (broad SMARTS) is 1. The Bertz CT molecular complexity index is 3290. The highest BCUT2D eigenvalue weighted by Crippen LogP contribution is 2.29. The number of alkyl halides is 1. The lowest BCUT2D eigenvalue weighted by Crippen LogP contribution is -2.21. The number of carbonyl (C=O) groups is 4. The Balaban J connectivity index is 0.000000238. The molecule has 0 aliphatic rings. The number of rotatable bonds is 4. The molecule has 0 spiro atoms. The Morgan fingerprint density at radius 1 is 0.600 bits per heavy atom. The van der Waals surface area contributed by atoms with Crippen molar-refractivity contribution in [1.29, 1.82) is 0 Å². The van der Waals surface area contributed by atoms with Gasteiger partial charge in [0.2, 0.25) is 0 Å². The van der Waals surface area contributed by atoms with Gasteiger partial charge in [-0.3, -0.25) is 33.9 Å². The number of carbonyl (C=O) groups excluding carboxylic acids is 3. The van der Waals surface area contributed by atoms with Crippen molar-refractivity contribution >= 4 is 172 Å². The van der Waals surface area contributed by atoms with Gasteiger partial charge in [-0.1, -0.05) is 63.7 Å². The molecule has 0 saturated heterocycles. The quantitative estimate of drug-likeness (QED) is 0.130. The van der Waals surface area contributed by atoms with E-state index in [1.807, 2.05) is 82.3 Å². The summed E-state index contributed by atoms with van der Waals surface area (Å²) in [5.74, 6) is -1.35. The highest BCUT2D eigenvalue weighted by atomic mass is 79.9. The van der Waals surface area contributed by atoms with E-state index in [0.717, 1.165) is 83.8 Å². The van der Waals surface area contributed by atoms with E-state index in [2.05, 4.69) is 110 Å². The lowest BCUT2D eigenvalue weighted by Gasteiger charge is -2.11. The molecule has 0 saturated carbocycles. The van der Waals surface area contributed by atoms with Crippen molar-refractivity contribution in [2.24, 2.45) is 0 Å². The Morgan fingerprint density at radius 3 is 1.17 bits per heavy atom. The molecule has 70 heavy (non-hydrogen) atoms. The van der Waals surface area contributed by atoms with Crippen molar-refractivity contribution < 1.29 is 43.2 Å². The lowest BCUT2D eigenvalue weighted by atomic mass is 10.1. The summed E-state index contributed by atoms with van der Waals surface area (Å²) in [7, 11) is 8.65. The molecule has 1 N–H and O–H groups in total. The molecule has 22 heteroatoms. The van der Waals surface area contributed by atoms with Crippen molar-refractivity contribution in [2.75, 3.05) is 28.4 Å². The number of halogens is 8. The van der Waals surface area contributed by atoms with Crippen LogP contribution in [0.1, 0.15) is 65.1 Å². The average Bonchev–Trinajstić information content (AvgIpc) is 3.33. The fourth-order valence-electron chi connectivity index (χ4n) is 6.09. The first-order valence-corrected chi connectivity index (χ1v) is 26.3. The minimum atomic E-state index is -3.72. The van der Waals surface area contributed by atoms with E-state index in [0.29, 0.717) is 16.7 Å². The third kappa shape index (κ3) is 16.7. The molecule has 0 radical (unpaired) electrons. The van der Waals surface area contributed by atoms with Gasteiger partial charge in [-0.2, -0.15) is 8.42 Å². The molecule has 368 valence electrons. The molecule has 0 fully saturated rings. The maximum Gasteiger partial charge on any atom is 0.339 e. The standard InChI is InChI=1S/C13H13BrN2O.C12H10BrNO2.C11H7BrClNO.C11H8BrNO2.CH3F.Cl2O2S/c1-8-10-6-9(13(17)16(2)3)7-15-12(10)5-4-11(8)14;1-7-9-5-8(12(15)16-2)6-14-11(9)4-3-10(7)13;1-6-8-4-7(11(13)15)5-14-10(8)3-2-9(6)12;1-6-8-4-7(11(14)15)5-13-10(8)3-2-9(6)12;1-2;1-5(2,3)4/h4-7H,1-3H3;3-6H,1-2H3;2-5H,1H3;2-5H,1H3,(H,14,15);1H3;/i;;;;1D;. The number of amides is 1. The molecule has 0 atom stereocenters. The summed E-state index contributed by atoms with van der Waals surface area (Å²) in [6.45, 7) is 7.89. The molecule has 0 aliphatic heterocycles. The summed E-state index contributed by atoms with van der Waals surface area (Å²) in [4.78, 5) is 63.4. The maximum atomic E-state index is 11.9. The van der Waals surface area contributed by atoms with Crippen LogP contribution in [0.5, 0.6) is 0 Å². The van der Waals surface area contributed by atoms with Gasteiger partial charge < -0.3 is 14.7 Å². The van der Waals surface area contributed by atoms with Crippen LogP contribution in [0.3, 0.4) is 0 Å². The lowest BCUT2D eigenvalue weighted by molar-refractivity contribution is 0.0599. The zero-order valence-corrected chi connectivity index (χ0v) is 47.3. The SMILES string of the molecule is COC(=O)c1cnc2ccc(Br)c(C)c2c1.Cc1c(Br)ccc2ncc(C(=O)Cl)cc12.Cc1c(Br)ccc2ncc(C(=O)N(C)C)cc12.Cc1c(Br)ccc2ncc(C(=O)O)cc12.O=S(=O)(Cl)Cl.[2H]CF. The first kappa shape index (κ1) is 57.8. The second-order valence-corrected chi connectivity index (χ2v) is 21.9. The van der Waals surface area contributed by atoms with E-state index in [-0.39, 0.29) is 17.4 Å². The summed E-state index contributed by atoms with van der Waals surface area (Å²) in [6, 6.07) is 22.5. The number of nitrogens with zero attached hydrogens (tertiary/aromatic N) is 5. The summed E-state index contributed by atoms with van der Waals surface area (Å²) in [6.07, 6.45) is 6.02. The molecule has 8 rings (SSSR count). The largest absolute Gasteiger partial charge is 0.478 e. The van der Waals surface area contributed by atoms with Gasteiger partial charge in [0.1, 0.15) is 0 Å². The summed E-state index contributed by atoms with van der Waals surface area (Å²) < 4.78 is 42.5. The highest BCUT2D eigenvalue weighted by Gasteiger charge is 2.13. The monoisotopic (exact) mass is 1290 g/mol. The van der Waals surface area contributed by atoms with Crippen molar-refractivity contribution in [1.82, 2.24) is 24.8 Å². The Labute approximate surface area is 452 Å². The summed E-state index contributed by atoms with van der Waals surface area (Å²) in [5.41, 5.74) is 9.38. The first-order valence-electron chi connectivity index (χ1n) is 20.4. The normalized spacial score (nSPS) is 10.6. The van der Waals surface area contributed by atoms with E-state index in [1.54, 1.807) is 43.4 Å². The topological polar surface area (TPSA) is 187 Å². The van der Waals surface area contributed by atoms with Crippen molar-refractivity contribution in [3.05, 3.63) is 160 Å². The number of benzene rings is 4. The van der Waals surface area contributed by atoms with Gasteiger partial charge in [0.25, 0.3) is 11.1 Å². The third-order valence-corrected chi connectivity index (χ3v) is 13.5. The number of pyridine rings is 4. The second-order valence-electron chi connectivity index (χ2n) is 14.5. The van der Waals surface area contributed by atoms with Crippen molar-refractivity contribution in [2.45, 2.75) is 27.7 Å². The van der Waals surface area contributed by atoms with Gasteiger partial charge in [-0.25, -0.2) is 9.59 Å². The highest BCUT2D eigenvalue weighted by molar-refractivity contribution is 9.11. The number of aromatic nitrogens is 4. The fourth-order valence-corrected chi connectivity index (χ4v) is 7.57. The van der Waals surface area contributed by atoms with Crippen LogP contribution in [0.15, 0.2) is 115 Å².